The van der Waals surface area contributed by atoms with E-state index >= 15 is 0 Å². The minimum atomic E-state index is -0.419. The number of nitriles is 1. The lowest BCUT2D eigenvalue weighted by Crippen LogP contribution is -2.10. The molecule has 0 aliphatic rings. The van der Waals surface area contributed by atoms with Gasteiger partial charge in [0.1, 0.15) is 5.82 Å². The van der Waals surface area contributed by atoms with Gasteiger partial charge in [0, 0.05) is 11.4 Å². The minimum absolute atomic E-state index is 0.103. The van der Waals surface area contributed by atoms with E-state index in [2.05, 4.69) is 26.1 Å². The lowest BCUT2D eigenvalue weighted by Gasteiger charge is -2.19. The van der Waals surface area contributed by atoms with E-state index in [1.54, 1.807) is 6.07 Å². The van der Waals surface area contributed by atoms with Gasteiger partial charge in [-0.3, -0.25) is 0 Å². The molecule has 20 heavy (non-hydrogen) atoms. The number of benzene rings is 2. The van der Waals surface area contributed by atoms with Crippen molar-refractivity contribution < 1.29 is 4.39 Å². The molecule has 0 saturated carbocycles. The average molecular weight is 268 g/mol. The van der Waals surface area contributed by atoms with Gasteiger partial charge in [-0.05, 0) is 41.3 Å². The molecule has 3 heteroatoms. The zero-order chi connectivity index (χ0) is 14.8. The number of anilines is 2. The predicted molar refractivity (Wildman–Crippen MR) is 79.5 cm³/mol. The molecular formula is C17H17FN2. The van der Waals surface area contributed by atoms with E-state index in [1.165, 1.54) is 17.7 Å². The Kier molecular flexibility index (Phi) is 3.76. The number of nitrogens with zero attached hydrogens (tertiary/aromatic N) is 1. The van der Waals surface area contributed by atoms with Crippen molar-refractivity contribution in [2.45, 2.75) is 26.2 Å². The van der Waals surface area contributed by atoms with Crippen LogP contribution in [0.2, 0.25) is 0 Å². The lowest BCUT2D eigenvalue weighted by molar-refractivity contribution is 0.590. The molecule has 0 fully saturated rings. The summed E-state index contributed by atoms with van der Waals surface area (Å²) in [7, 11) is 0. The molecule has 0 aliphatic carbocycles. The fraction of sp³-hybridized carbons (Fsp3) is 0.235. The van der Waals surface area contributed by atoms with E-state index in [1.807, 2.05) is 30.3 Å². The van der Waals surface area contributed by atoms with Gasteiger partial charge in [-0.1, -0.05) is 32.9 Å². The zero-order valence-corrected chi connectivity index (χ0v) is 11.9. The van der Waals surface area contributed by atoms with Crippen molar-refractivity contribution in [1.82, 2.24) is 0 Å². The lowest BCUT2D eigenvalue weighted by atomic mass is 9.87. The van der Waals surface area contributed by atoms with Crippen molar-refractivity contribution in [3.05, 3.63) is 59.4 Å². The van der Waals surface area contributed by atoms with Gasteiger partial charge in [-0.15, -0.1) is 0 Å². The van der Waals surface area contributed by atoms with E-state index in [0.717, 1.165) is 5.69 Å². The molecule has 0 spiro atoms. The van der Waals surface area contributed by atoms with Crippen LogP contribution in [0.25, 0.3) is 0 Å². The zero-order valence-electron chi connectivity index (χ0n) is 11.9. The third-order valence-electron chi connectivity index (χ3n) is 3.07. The fourth-order valence-corrected chi connectivity index (χ4v) is 1.95. The van der Waals surface area contributed by atoms with Crippen LogP contribution < -0.4 is 5.32 Å². The van der Waals surface area contributed by atoms with E-state index in [0.29, 0.717) is 11.3 Å². The van der Waals surface area contributed by atoms with Crippen LogP contribution in [-0.4, -0.2) is 0 Å². The molecule has 0 saturated heterocycles. The smallest absolute Gasteiger partial charge is 0.126 e. The fourth-order valence-electron chi connectivity index (χ4n) is 1.95. The van der Waals surface area contributed by atoms with Crippen molar-refractivity contribution in [2.75, 3.05) is 5.32 Å². The Morgan fingerprint density at radius 2 is 1.65 bits per heavy atom. The Labute approximate surface area is 118 Å². The molecule has 0 aromatic heterocycles. The third kappa shape index (κ3) is 3.36. The topological polar surface area (TPSA) is 35.8 Å². The molecule has 0 aliphatic heterocycles. The average Bonchev–Trinajstić information content (AvgIpc) is 2.37. The van der Waals surface area contributed by atoms with Crippen LogP contribution in [0.4, 0.5) is 15.8 Å². The standard InChI is InChI=1S/C17H17FN2/c1-17(2,3)13-4-6-15(7-5-13)20-16-9-12(11-19)8-14(18)10-16/h4-10,20H,1-3H3. The number of halogens is 1. The van der Waals surface area contributed by atoms with Gasteiger partial charge < -0.3 is 5.32 Å². The summed E-state index contributed by atoms with van der Waals surface area (Å²) in [5.41, 5.74) is 3.09. The van der Waals surface area contributed by atoms with Crippen molar-refractivity contribution >= 4 is 11.4 Å². The first-order valence-electron chi connectivity index (χ1n) is 6.47. The number of hydrogen-bond donors (Lipinski definition) is 1. The summed E-state index contributed by atoms with van der Waals surface area (Å²) in [6.07, 6.45) is 0. The SMILES string of the molecule is CC(C)(C)c1ccc(Nc2cc(F)cc(C#N)c2)cc1. The quantitative estimate of drug-likeness (QED) is 0.854. The highest BCUT2D eigenvalue weighted by Crippen LogP contribution is 2.25. The molecule has 0 unspecified atom stereocenters. The molecular weight excluding hydrogens is 251 g/mol. The molecule has 0 bridgehead atoms. The van der Waals surface area contributed by atoms with E-state index in [-0.39, 0.29) is 5.41 Å². The maximum atomic E-state index is 13.3. The van der Waals surface area contributed by atoms with Gasteiger partial charge in [0.05, 0.1) is 11.6 Å². The van der Waals surface area contributed by atoms with E-state index < -0.39 is 5.82 Å². The maximum Gasteiger partial charge on any atom is 0.126 e. The maximum absolute atomic E-state index is 13.3. The van der Waals surface area contributed by atoms with E-state index in [9.17, 15) is 4.39 Å². The second-order valence-electron chi connectivity index (χ2n) is 5.79. The summed E-state index contributed by atoms with van der Waals surface area (Å²) in [6.45, 7) is 6.46. The molecule has 2 nitrogen and oxygen atoms in total. The summed E-state index contributed by atoms with van der Waals surface area (Å²) in [4.78, 5) is 0. The Morgan fingerprint density at radius 3 is 2.20 bits per heavy atom. The highest BCUT2D eigenvalue weighted by Gasteiger charge is 2.12. The van der Waals surface area contributed by atoms with Crippen LogP contribution in [-0.2, 0) is 5.41 Å². The molecule has 1 N–H and O–H groups in total. The summed E-state index contributed by atoms with van der Waals surface area (Å²) in [5.74, 6) is -0.419. The first-order valence-corrected chi connectivity index (χ1v) is 6.47. The monoisotopic (exact) mass is 268 g/mol. The van der Waals surface area contributed by atoms with Crippen molar-refractivity contribution in [2.24, 2.45) is 0 Å². The molecule has 2 aromatic carbocycles. The largest absolute Gasteiger partial charge is 0.355 e. The normalized spacial score (nSPS) is 10.9. The molecule has 102 valence electrons. The molecule has 0 atom stereocenters. The molecule has 2 aromatic rings. The Bertz CT molecular complexity index is 646. The minimum Gasteiger partial charge on any atom is -0.355 e. The molecule has 0 heterocycles. The summed E-state index contributed by atoms with van der Waals surface area (Å²) in [6, 6.07) is 14.2. The first-order chi connectivity index (χ1) is 9.38. The third-order valence-corrected chi connectivity index (χ3v) is 3.07. The van der Waals surface area contributed by atoms with Crippen LogP contribution in [0, 0.1) is 17.1 Å². The van der Waals surface area contributed by atoms with Crippen LogP contribution in [0.3, 0.4) is 0 Å². The van der Waals surface area contributed by atoms with Gasteiger partial charge in [-0.2, -0.15) is 5.26 Å². The van der Waals surface area contributed by atoms with Crippen LogP contribution in [0.15, 0.2) is 42.5 Å². The summed E-state index contributed by atoms with van der Waals surface area (Å²) < 4.78 is 13.3. The van der Waals surface area contributed by atoms with Gasteiger partial charge >= 0.3 is 0 Å². The number of rotatable bonds is 2. The second-order valence-corrected chi connectivity index (χ2v) is 5.79. The Morgan fingerprint density at radius 1 is 1.00 bits per heavy atom. The van der Waals surface area contributed by atoms with E-state index in [4.69, 9.17) is 5.26 Å². The Hall–Kier alpha value is -2.34. The van der Waals surface area contributed by atoms with Gasteiger partial charge in [0.25, 0.3) is 0 Å². The highest BCUT2D eigenvalue weighted by atomic mass is 19.1. The van der Waals surface area contributed by atoms with Crippen LogP contribution in [0.1, 0.15) is 31.9 Å². The first kappa shape index (κ1) is 14.1. The molecule has 0 amide bonds. The van der Waals surface area contributed by atoms with Crippen molar-refractivity contribution in [1.29, 1.82) is 5.26 Å². The van der Waals surface area contributed by atoms with Gasteiger partial charge in [0.15, 0.2) is 0 Å². The van der Waals surface area contributed by atoms with Gasteiger partial charge in [0.2, 0.25) is 0 Å². The van der Waals surface area contributed by atoms with Crippen molar-refractivity contribution in [3.63, 3.8) is 0 Å². The van der Waals surface area contributed by atoms with Crippen LogP contribution >= 0.6 is 0 Å². The van der Waals surface area contributed by atoms with Crippen LogP contribution in [0.5, 0.6) is 0 Å². The van der Waals surface area contributed by atoms with Crippen molar-refractivity contribution in [3.8, 4) is 6.07 Å². The summed E-state index contributed by atoms with van der Waals surface area (Å²) in [5, 5.41) is 11.9. The highest BCUT2D eigenvalue weighted by molar-refractivity contribution is 5.61. The number of nitrogens with one attached hydrogen (secondary N) is 1. The molecule has 0 radical (unpaired) electrons. The van der Waals surface area contributed by atoms with Gasteiger partial charge in [-0.25, -0.2) is 4.39 Å². The molecule has 2 rings (SSSR count). The second kappa shape index (κ2) is 5.34. The predicted octanol–water partition coefficient (Wildman–Crippen LogP) is 4.74. The number of hydrogen-bond acceptors (Lipinski definition) is 2. The summed E-state index contributed by atoms with van der Waals surface area (Å²) >= 11 is 0. The Balaban J connectivity index is 2.23.